The van der Waals surface area contributed by atoms with E-state index in [1.807, 2.05) is 20.8 Å². The van der Waals surface area contributed by atoms with Crippen LogP contribution < -0.4 is 0 Å². The van der Waals surface area contributed by atoms with Gasteiger partial charge in [-0.3, -0.25) is 0 Å². The topological polar surface area (TPSA) is 36.9 Å². The Balaban J connectivity index is 2.03. The third-order valence-corrected chi connectivity index (χ3v) is 2.62. The molecule has 0 aromatic carbocycles. The van der Waals surface area contributed by atoms with E-state index in [9.17, 15) is 0 Å². The zero-order chi connectivity index (χ0) is 11.2. The van der Waals surface area contributed by atoms with Crippen LogP contribution in [0.2, 0.25) is 0 Å². The Bertz CT molecular complexity index is 315. The lowest BCUT2D eigenvalue weighted by molar-refractivity contribution is 0.170. The first-order valence-electron chi connectivity index (χ1n) is 4.95. The first-order chi connectivity index (χ1) is 6.90. The van der Waals surface area contributed by atoms with E-state index < -0.39 is 19.6 Å². The monoisotopic (exact) mass is 208 g/mol. The molecule has 0 saturated carbocycles. The summed E-state index contributed by atoms with van der Waals surface area (Å²) in [6.07, 6.45) is -0.126. The summed E-state index contributed by atoms with van der Waals surface area (Å²) in [5.41, 5.74) is -0.495. The van der Waals surface area contributed by atoms with Gasteiger partial charge in [0.1, 0.15) is 5.60 Å². The molecule has 6 heteroatoms. The average molecular weight is 208 g/mol. The van der Waals surface area contributed by atoms with Crippen molar-refractivity contribution in [1.29, 1.82) is 0 Å². The maximum absolute atomic E-state index is 5.63. The highest BCUT2D eigenvalue weighted by molar-refractivity contribution is 7.11. The Morgan fingerprint density at radius 2 is 1.87 bits per heavy atom. The highest BCUT2D eigenvalue weighted by Gasteiger charge is 2.56. The lowest BCUT2D eigenvalue weighted by Gasteiger charge is -2.15. The molecule has 4 nitrogen and oxygen atoms in total. The van der Waals surface area contributed by atoms with Crippen LogP contribution in [0.25, 0.3) is 0 Å². The van der Waals surface area contributed by atoms with Gasteiger partial charge in [0.15, 0.2) is 0 Å². The van der Waals surface area contributed by atoms with Crippen molar-refractivity contribution in [3.05, 3.63) is 24.7 Å². The van der Waals surface area contributed by atoms with E-state index in [1.54, 1.807) is 0 Å². The van der Waals surface area contributed by atoms with E-state index in [1.165, 1.54) is 0 Å². The summed E-state index contributed by atoms with van der Waals surface area (Å²) in [5.74, 6) is 1.19. The molecule has 2 fully saturated rings. The van der Waals surface area contributed by atoms with Crippen LogP contribution in [0.15, 0.2) is 24.7 Å². The normalized spacial score (nSPS) is 29.4. The van der Waals surface area contributed by atoms with Crippen LogP contribution in [0.1, 0.15) is 20.8 Å². The molecular formula is C9H14B2O4. The second-order valence-corrected chi connectivity index (χ2v) is 4.27. The van der Waals surface area contributed by atoms with Gasteiger partial charge in [0.25, 0.3) is 0 Å². The van der Waals surface area contributed by atoms with Crippen molar-refractivity contribution in [3.63, 3.8) is 0 Å². The number of hydrogen-bond donors (Lipinski definition) is 0. The largest absolute Gasteiger partial charge is 0.572 e. The molecule has 80 valence electrons. The molecular weight excluding hydrogens is 194 g/mol. The van der Waals surface area contributed by atoms with Gasteiger partial charge in [-0.05, 0) is 20.8 Å². The molecule has 0 aromatic rings. The number of hydrogen-bond acceptors (Lipinski definition) is 4. The van der Waals surface area contributed by atoms with Gasteiger partial charge in [-0.2, -0.15) is 0 Å². The van der Waals surface area contributed by atoms with Gasteiger partial charge in [0, 0.05) is 0 Å². The molecule has 0 bridgehead atoms. The summed E-state index contributed by atoms with van der Waals surface area (Å²) in [4.78, 5) is 0. The summed E-state index contributed by atoms with van der Waals surface area (Å²) in [6, 6.07) is 0. The molecule has 0 spiro atoms. The van der Waals surface area contributed by atoms with Gasteiger partial charge in [0.2, 0.25) is 0 Å². The fraction of sp³-hybridized carbons (Fsp3) is 0.556. The van der Waals surface area contributed by atoms with Gasteiger partial charge in [-0.25, -0.2) is 0 Å². The minimum Gasteiger partial charge on any atom is -0.539 e. The molecule has 15 heavy (non-hydrogen) atoms. The Morgan fingerprint density at radius 1 is 1.20 bits per heavy atom. The van der Waals surface area contributed by atoms with Crippen molar-refractivity contribution in [2.75, 3.05) is 0 Å². The minimum atomic E-state index is -0.561. The predicted octanol–water partition coefficient (Wildman–Crippen LogP) is 1.33. The second kappa shape index (κ2) is 3.32. The van der Waals surface area contributed by atoms with E-state index in [0.717, 1.165) is 0 Å². The lowest BCUT2D eigenvalue weighted by Crippen LogP contribution is -2.40. The van der Waals surface area contributed by atoms with Crippen LogP contribution in [0.4, 0.5) is 0 Å². The van der Waals surface area contributed by atoms with Gasteiger partial charge in [-0.15, -0.1) is 0 Å². The summed E-state index contributed by atoms with van der Waals surface area (Å²) in [5, 5.41) is 0. The zero-order valence-electron chi connectivity index (χ0n) is 9.28. The average Bonchev–Trinajstić information content (AvgIpc) is 2.57. The van der Waals surface area contributed by atoms with E-state index >= 15 is 0 Å². The second-order valence-electron chi connectivity index (χ2n) is 4.27. The molecule has 0 aromatic heterocycles. The smallest absolute Gasteiger partial charge is 0.539 e. The molecule has 0 radical (unpaired) electrons. The molecule has 1 unspecified atom stereocenters. The van der Waals surface area contributed by atoms with Crippen molar-refractivity contribution in [3.8, 4) is 0 Å². The van der Waals surface area contributed by atoms with Crippen LogP contribution >= 0.6 is 0 Å². The Hall–Kier alpha value is -0.870. The van der Waals surface area contributed by atoms with Crippen LogP contribution in [0.5, 0.6) is 0 Å². The summed E-state index contributed by atoms with van der Waals surface area (Å²) in [7, 11) is -1.11. The maximum Gasteiger partial charge on any atom is 0.572 e. The van der Waals surface area contributed by atoms with E-state index in [0.29, 0.717) is 11.5 Å². The summed E-state index contributed by atoms with van der Waals surface area (Å²) < 4.78 is 22.0. The first-order valence-corrected chi connectivity index (χ1v) is 4.95. The Kier molecular flexibility index (Phi) is 2.35. The Morgan fingerprint density at radius 3 is 2.27 bits per heavy atom. The molecule has 0 aliphatic carbocycles. The SMILES string of the molecule is C=C1OB(B2OC(=C)C(C)(C)O2)OC1C. The van der Waals surface area contributed by atoms with Crippen LogP contribution in [-0.4, -0.2) is 25.7 Å². The van der Waals surface area contributed by atoms with Gasteiger partial charge >= 0.3 is 14.0 Å². The van der Waals surface area contributed by atoms with Crippen LogP contribution in [0.3, 0.4) is 0 Å². The van der Waals surface area contributed by atoms with Gasteiger partial charge < -0.3 is 18.6 Å². The molecule has 2 rings (SSSR count). The van der Waals surface area contributed by atoms with Crippen molar-refractivity contribution >= 4 is 14.0 Å². The Labute approximate surface area is 90.5 Å². The lowest BCUT2D eigenvalue weighted by atomic mass is 9.49. The van der Waals surface area contributed by atoms with E-state index in [4.69, 9.17) is 18.6 Å². The fourth-order valence-corrected chi connectivity index (χ4v) is 1.44. The first kappa shape index (κ1) is 10.6. The maximum atomic E-state index is 5.63. The van der Waals surface area contributed by atoms with Gasteiger partial charge in [-0.1, -0.05) is 13.2 Å². The van der Waals surface area contributed by atoms with Crippen LogP contribution in [-0.2, 0) is 18.6 Å². The molecule has 2 aliphatic rings. The highest BCUT2D eigenvalue weighted by atomic mass is 16.7. The van der Waals surface area contributed by atoms with E-state index in [-0.39, 0.29) is 6.10 Å². The molecule has 0 amide bonds. The molecule has 2 heterocycles. The van der Waals surface area contributed by atoms with E-state index in [2.05, 4.69) is 13.2 Å². The van der Waals surface area contributed by atoms with Crippen molar-refractivity contribution in [1.82, 2.24) is 0 Å². The minimum absolute atomic E-state index is 0.126. The summed E-state index contributed by atoms with van der Waals surface area (Å²) >= 11 is 0. The molecule has 0 N–H and O–H groups in total. The highest BCUT2D eigenvalue weighted by Crippen LogP contribution is 2.33. The van der Waals surface area contributed by atoms with Crippen molar-refractivity contribution in [2.24, 2.45) is 0 Å². The van der Waals surface area contributed by atoms with Crippen molar-refractivity contribution < 1.29 is 18.6 Å². The predicted molar refractivity (Wildman–Crippen MR) is 57.7 cm³/mol. The number of rotatable bonds is 1. The standard InChI is InChI=1S/C9H14B2O4/c1-6-7(2)13-10(12-6)11-14-8(3)9(4,5)15-11/h7H,1,3H2,2,4-5H3. The van der Waals surface area contributed by atoms with Gasteiger partial charge in [0.05, 0.1) is 17.6 Å². The van der Waals surface area contributed by atoms with Crippen molar-refractivity contribution in [2.45, 2.75) is 32.5 Å². The van der Waals surface area contributed by atoms with Crippen LogP contribution in [0, 0.1) is 0 Å². The quantitative estimate of drug-likeness (QED) is 0.609. The third kappa shape index (κ3) is 1.79. The third-order valence-electron chi connectivity index (χ3n) is 2.62. The molecule has 1 atom stereocenters. The molecule has 2 saturated heterocycles. The zero-order valence-corrected chi connectivity index (χ0v) is 9.28. The molecule has 2 aliphatic heterocycles. The summed E-state index contributed by atoms with van der Waals surface area (Å²) in [6.45, 7) is 13.2. The fourth-order valence-electron chi connectivity index (χ4n) is 1.44.